The van der Waals surface area contributed by atoms with E-state index < -0.39 is 5.82 Å². The summed E-state index contributed by atoms with van der Waals surface area (Å²) in [6.45, 7) is 13.3. The summed E-state index contributed by atoms with van der Waals surface area (Å²) in [5.41, 5.74) is 2.92. The second-order valence-corrected chi connectivity index (χ2v) is 9.26. The summed E-state index contributed by atoms with van der Waals surface area (Å²) in [5.74, 6) is 0.716. The van der Waals surface area contributed by atoms with Gasteiger partial charge in [0.1, 0.15) is 0 Å². The number of nitrogens with zero attached hydrogens (tertiary/aromatic N) is 5. The van der Waals surface area contributed by atoms with Crippen LogP contribution in [0.25, 0.3) is 16.6 Å². The van der Waals surface area contributed by atoms with E-state index in [9.17, 15) is 9.18 Å². The highest BCUT2D eigenvalue weighted by Gasteiger charge is 2.17. The minimum absolute atomic E-state index is 0.110. The lowest BCUT2D eigenvalue weighted by atomic mass is 10.1. The maximum atomic E-state index is 14.5. The van der Waals surface area contributed by atoms with E-state index in [0.29, 0.717) is 47.8 Å². The number of nitrogens with one attached hydrogen (secondary N) is 2. The Balaban J connectivity index is 0.000000715. The second-order valence-electron chi connectivity index (χ2n) is 9.26. The normalized spacial score (nSPS) is 13.2. The summed E-state index contributed by atoms with van der Waals surface area (Å²) in [4.78, 5) is 21.7. The Kier molecular flexibility index (Phi) is 10.8. The molecule has 1 aliphatic rings. The zero-order valence-electron chi connectivity index (χ0n) is 22.6. The van der Waals surface area contributed by atoms with E-state index in [0.717, 1.165) is 30.4 Å². The first-order chi connectivity index (χ1) is 18.4. The molecule has 1 aliphatic heterocycles. The van der Waals surface area contributed by atoms with Gasteiger partial charge in [-0.1, -0.05) is 30.9 Å². The van der Waals surface area contributed by atoms with Crippen LogP contribution >= 0.6 is 0 Å². The molecular weight excluding hydrogens is 485 g/mol. The number of hydrogen-bond acceptors (Lipinski definition) is 7. The van der Waals surface area contributed by atoms with Gasteiger partial charge in [-0.15, -0.1) is 5.10 Å². The fourth-order valence-electron chi connectivity index (χ4n) is 4.02. The molecule has 0 spiro atoms. The van der Waals surface area contributed by atoms with Crippen LogP contribution in [0.1, 0.15) is 38.4 Å². The summed E-state index contributed by atoms with van der Waals surface area (Å²) in [5, 5.41) is 11.7. The van der Waals surface area contributed by atoms with E-state index in [-0.39, 0.29) is 5.75 Å². The van der Waals surface area contributed by atoms with E-state index in [1.54, 1.807) is 28.6 Å². The first kappa shape index (κ1) is 28.8. The maximum absolute atomic E-state index is 14.5. The molecule has 10 heteroatoms. The van der Waals surface area contributed by atoms with Crippen LogP contribution in [0.15, 0.2) is 48.6 Å². The summed E-state index contributed by atoms with van der Waals surface area (Å²) in [6.07, 6.45) is 9.44. The number of anilines is 1. The number of ether oxygens (including phenoxy) is 1. The first-order valence-corrected chi connectivity index (χ1v) is 12.9. The fourth-order valence-corrected chi connectivity index (χ4v) is 4.02. The van der Waals surface area contributed by atoms with Crippen molar-refractivity contribution in [2.24, 2.45) is 0 Å². The highest BCUT2D eigenvalue weighted by molar-refractivity contribution is 5.93. The van der Waals surface area contributed by atoms with Crippen molar-refractivity contribution < 1.29 is 13.9 Å². The van der Waals surface area contributed by atoms with Gasteiger partial charge in [0.2, 0.25) is 12.4 Å². The highest BCUT2D eigenvalue weighted by Crippen LogP contribution is 2.28. The van der Waals surface area contributed by atoms with Gasteiger partial charge in [0.25, 0.3) is 0 Å². The number of aromatic nitrogens is 4. The van der Waals surface area contributed by atoms with Gasteiger partial charge in [-0.3, -0.25) is 4.79 Å². The monoisotopic (exact) mass is 523 g/mol. The summed E-state index contributed by atoms with van der Waals surface area (Å²) in [7, 11) is 3.16. The van der Waals surface area contributed by atoms with E-state index in [1.807, 2.05) is 13.0 Å². The standard InChI is InChI=1S/C24H29FN6O2.C4H9N/c1-6-9-17(16(2)3)14-26-24-27-20-13-21(33-5)19(25)12-18(20)23-28-22(29-31(23)24)10-7-8-11-30(4)15-32;1-2-4-5-3-1/h6,9,12-13,15H,1-2,7-8,10-11,14H2,3-5H3,(H,26,27);5H,1-4H2/b17-9-;. The molecule has 1 saturated heterocycles. The van der Waals surface area contributed by atoms with Crippen LogP contribution in [-0.4, -0.2) is 71.2 Å². The van der Waals surface area contributed by atoms with E-state index in [1.165, 1.54) is 39.1 Å². The lowest BCUT2D eigenvalue weighted by Crippen LogP contribution is -2.17. The van der Waals surface area contributed by atoms with Gasteiger partial charge in [-0.25, -0.2) is 14.4 Å². The minimum atomic E-state index is -0.491. The highest BCUT2D eigenvalue weighted by atomic mass is 19.1. The molecule has 4 rings (SSSR count). The van der Waals surface area contributed by atoms with Crippen molar-refractivity contribution in [3.63, 3.8) is 0 Å². The van der Waals surface area contributed by atoms with E-state index >= 15 is 0 Å². The van der Waals surface area contributed by atoms with Crippen LogP contribution in [0.4, 0.5) is 10.3 Å². The number of amides is 1. The SMILES string of the molecule is C1CCNC1.C=C/C=C(/CNc1nc2cc(OC)c(F)cc2c2nc(CCCCN(C)C=O)nn12)C(=C)C. The number of hydrogen-bond donors (Lipinski definition) is 2. The second kappa shape index (κ2) is 14.2. The topological polar surface area (TPSA) is 96.7 Å². The van der Waals surface area contributed by atoms with Crippen molar-refractivity contribution in [1.29, 1.82) is 0 Å². The third-order valence-electron chi connectivity index (χ3n) is 6.19. The molecule has 0 aliphatic carbocycles. The van der Waals surface area contributed by atoms with Crippen LogP contribution in [0, 0.1) is 5.82 Å². The number of aryl methyl sites for hydroxylation is 1. The van der Waals surface area contributed by atoms with Crippen LogP contribution < -0.4 is 15.4 Å². The van der Waals surface area contributed by atoms with Crippen molar-refractivity contribution in [2.75, 3.05) is 45.7 Å². The first-order valence-electron chi connectivity index (χ1n) is 12.9. The molecule has 0 bridgehead atoms. The van der Waals surface area contributed by atoms with Crippen LogP contribution in [0.5, 0.6) is 5.75 Å². The molecular formula is C28H38FN7O2. The molecule has 0 unspecified atom stereocenters. The molecule has 1 fully saturated rings. The van der Waals surface area contributed by atoms with Gasteiger partial charge < -0.3 is 20.3 Å². The Morgan fingerprint density at radius 2 is 2.05 bits per heavy atom. The average Bonchev–Trinajstić information content (AvgIpc) is 3.62. The molecule has 1 amide bonds. The third kappa shape index (κ3) is 7.61. The smallest absolute Gasteiger partial charge is 0.226 e. The average molecular weight is 524 g/mol. The molecule has 3 aromatic rings. The van der Waals surface area contributed by atoms with Crippen LogP contribution in [0.3, 0.4) is 0 Å². The number of rotatable bonds is 12. The number of benzene rings is 1. The number of halogens is 1. The van der Waals surface area contributed by atoms with Crippen molar-refractivity contribution in [3.05, 3.63) is 60.2 Å². The molecule has 204 valence electrons. The summed E-state index contributed by atoms with van der Waals surface area (Å²) < 4.78 is 21.2. The molecule has 0 atom stereocenters. The third-order valence-corrected chi connectivity index (χ3v) is 6.19. The quantitative estimate of drug-likeness (QED) is 0.208. The molecule has 0 saturated carbocycles. The zero-order chi connectivity index (χ0) is 27.5. The van der Waals surface area contributed by atoms with Crippen LogP contribution in [-0.2, 0) is 11.2 Å². The van der Waals surface area contributed by atoms with Crippen molar-refractivity contribution in [1.82, 2.24) is 29.8 Å². The van der Waals surface area contributed by atoms with Gasteiger partial charge >= 0.3 is 0 Å². The Bertz CT molecular complexity index is 1290. The number of allylic oxidation sites excluding steroid dienone is 2. The Morgan fingerprint density at radius 1 is 1.29 bits per heavy atom. The summed E-state index contributed by atoms with van der Waals surface area (Å²) >= 11 is 0. The van der Waals surface area contributed by atoms with Gasteiger partial charge in [0.05, 0.1) is 12.6 Å². The van der Waals surface area contributed by atoms with Gasteiger partial charge in [0, 0.05) is 38.0 Å². The van der Waals surface area contributed by atoms with Gasteiger partial charge in [0.15, 0.2) is 23.0 Å². The van der Waals surface area contributed by atoms with Crippen LogP contribution in [0.2, 0.25) is 0 Å². The van der Waals surface area contributed by atoms with Gasteiger partial charge in [-0.05, 0) is 57.3 Å². The Hall–Kier alpha value is -3.79. The number of unbranched alkanes of at least 4 members (excludes halogenated alkanes) is 1. The van der Waals surface area contributed by atoms with Crippen molar-refractivity contribution in [2.45, 2.75) is 39.0 Å². The number of fused-ring (bicyclic) bond motifs is 3. The molecule has 3 heterocycles. The fraction of sp³-hybridized carbons (Fsp3) is 0.429. The summed E-state index contributed by atoms with van der Waals surface area (Å²) in [6, 6.07) is 2.92. The minimum Gasteiger partial charge on any atom is -0.494 e. The number of carbonyl (C=O) groups is 1. The lowest BCUT2D eigenvalue weighted by molar-refractivity contribution is -0.117. The largest absolute Gasteiger partial charge is 0.494 e. The Morgan fingerprint density at radius 3 is 2.66 bits per heavy atom. The lowest BCUT2D eigenvalue weighted by Gasteiger charge is -2.12. The molecule has 1 aromatic carbocycles. The predicted molar refractivity (Wildman–Crippen MR) is 150 cm³/mol. The van der Waals surface area contributed by atoms with E-state index in [2.05, 4.69) is 38.9 Å². The van der Waals surface area contributed by atoms with E-state index in [4.69, 9.17) is 4.74 Å². The number of methoxy groups -OCH3 is 1. The van der Waals surface area contributed by atoms with Crippen molar-refractivity contribution in [3.8, 4) is 5.75 Å². The van der Waals surface area contributed by atoms with Gasteiger partial charge in [-0.2, -0.15) is 4.52 Å². The zero-order valence-corrected chi connectivity index (χ0v) is 22.6. The molecule has 0 radical (unpaired) electrons. The molecule has 9 nitrogen and oxygen atoms in total. The predicted octanol–water partition coefficient (Wildman–Crippen LogP) is 4.31. The maximum Gasteiger partial charge on any atom is 0.226 e. The number of carbonyl (C=O) groups excluding carboxylic acids is 1. The Labute approximate surface area is 223 Å². The molecule has 2 aromatic heterocycles. The molecule has 2 N–H and O–H groups in total. The molecule has 38 heavy (non-hydrogen) atoms. The van der Waals surface area contributed by atoms with Crippen molar-refractivity contribution >= 4 is 28.9 Å².